The third-order valence-electron chi connectivity index (χ3n) is 6.79. The van der Waals surface area contributed by atoms with Gasteiger partial charge in [-0.3, -0.25) is 9.69 Å². The van der Waals surface area contributed by atoms with Crippen LogP contribution in [0.1, 0.15) is 31.2 Å². The number of halogens is 3. The van der Waals surface area contributed by atoms with Gasteiger partial charge in [-0.05, 0) is 49.8 Å². The van der Waals surface area contributed by atoms with Gasteiger partial charge >= 0.3 is 12.3 Å². The largest absolute Gasteiger partial charge is 0.449 e. The normalized spacial score (nSPS) is 21.0. The van der Waals surface area contributed by atoms with Gasteiger partial charge in [-0.1, -0.05) is 0 Å². The molecule has 2 aromatic rings. The van der Waals surface area contributed by atoms with Crippen molar-refractivity contribution >= 4 is 28.7 Å². The molecule has 4 rings (SSSR count). The van der Waals surface area contributed by atoms with Gasteiger partial charge in [0.15, 0.2) is 0 Å². The maximum Gasteiger partial charge on any atom is 0.416 e. The number of carbonyl (C=O) groups excluding carboxylic acids is 2. The average Bonchev–Trinajstić information content (AvgIpc) is 2.82. The summed E-state index contributed by atoms with van der Waals surface area (Å²) >= 11 is 0. The topological polar surface area (TPSA) is 99.7 Å². The molecular formula is C24H31F3N6O3. The molecule has 9 nitrogen and oxygen atoms in total. The van der Waals surface area contributed by atoms with Gasteiger partial charge in [-0.2, -0.15) is 13.2 Å². The summed E-state index contributed by atoms with van der Waals surface area (Å²) in [5, 5.41) is 6.02. The molecule has 2 aliphatic rings. The summed E-state index contributed by atoms with van der Waals surface area (Å²) in [7, 11) is 3.33. The Bertz CT molecular complexity index is 1080. The molecule has 0 spiro atoms. The van der Waals surface area contributed by atoms with Gasteiger partial charge in [0.1, 0.15) is 12.1 Å². The first-order chi connectivity index (χ1) is 17.1. The van der Waals surface area contributed by atoms with E-state index >= 15 is 0 Å². The minimum Gasteiger partial charge on any atom is -0.449 e. The van der Waals surface area contributed by atoms with Gasteiger partial charge in [0.05, 0.1) is 30.3 Å². The van der Waals surface area contributed by atoms with Crippen molar-refractivity contribution in [1.29, 1.82) is 0 Å². The molecule has 2 amide bonds. The molecule has 2 N–H and O–H groups in total. The Labute approximate surface area is 207 Å². The van der Waals surface area contributed by atoms with Crippen molar-refractivity contribution in [3.05, 3.63) is 30.1 Å². The molecule has 0 radical (unpaired) electrons. The quantitative estimate of drug-likeness (QED) is 0.593. The number of anilines is 1. The predicted molar refractivity (Wildman–Crippen MR) is 127 cm³/mol. The van der Waals surface area contributed by atoms with Gasteiger partial charge in [-0.15, -0.1) is 0 Å². The molecule has 12 heteroatoms. The first-order valence-corrected chi connectivity index (χ1v) is 12.0. The number of hydrogen-bond donors (Lipinski definition) is 2. The number of nitrogens with one attached hydrogen (secondary N) is 2. The van der Waals surface area contributed by atoms with Crippen LogP contribution in [0.5, 0.6) is 0 Å². The van der Waals surface area contributed by atoms with E-state index in [-0.39, 0.29) is 35.8 Å². The number of likely N-dealkylation sites (tertiary alicyclic amines) is 1. The van der Waals surface area contributed by atoms with Crippen molar-refractivity contribution < 1.29 is 27.5 Å². The van der Waals surface area contributed by atoms with Gasteiger partial charge in [0, 0.05) is 38.6 Å². The van der Waals surface area contributed by atoms with Crippen LogP contribution in [-0.4, -0.2) is 84.2 Å². The van der Waals surface area contributed by atoms with Crippen molar-refractivity contribution in [1.82, 2.24) is 25.1 Å². The number of ether oxygens (including phenoxy) is 1. The van der Waals surface area contributed by atoms with Crippen LogP contribution in [0, 0.1) is 5.92 Å². The maximum atomic E-state index is 13.1. The summed E-state index contributed by atoms with van der Waals surface area (Å²) in [5.74, 6) is 0.326. The van der Waals surface area contributed by atoms with Crippen LogP contribution < -0.4 is 10.6 Å². The van der Waals surface area contributed by atoms with E-state index in [1.165, 1.54) is 17.3 Å². The fraction of sp³-hybridized carbons (Fsp3) is 0.583. The Balaban J connectivity index is 1.19. The van der Waals surface area contributed by atoms with Gasteiger partial charge < -0.3 is 20.3 Å². The molecule has 36 heavy (non-hydrogen) atoms. The maximum absolute atomic E-state index is 13.1. The summed E-state index contributed by atoms with van der Waals surface area (Å²) in [5.41, 5.74) is -0.434. The number of carbonyl (C=O) groups is 2. The van der Waals surface area contributed by atoms with Crippen LogP contribution in [0.15, 0.2) is 24.5 Å². The van der Waals surface area contributed by atoms with E-state index in [0.717, 1.165) is 50.9 Å². The number of hydrogen-bond acceptors (Lipinski definition) is 7. The molecular weight excluding hydrogens is 477 g/mol. The molecule has 0 atom stereocenters. The van der Waals surface area contributed by atoms with Crippen molar-refractivity contribution in [2.45, 2.75) is 43.9 Å². The standard InChI is InChI=1S/C24H31F3N6O3/c1-32(2)23(35)36-13-15-3-6-18(7-4-15)33-11-17(12-33)31-21(34)10-28-22-19-9-16(24(25,26)27)5-8-20(19)29-14-30-22/h5,8-9,14-15,17-18H,3-4,6-7,10-13H2,1-2H3,(H,31,34)(H,28,29,30)/t15-,18-. The summed E-state index contributed by atoms with van der Waals surface area (Å²) < 4.78 is 44.5. The lowest BCUT2D eigenvalue weighted by molar-refractivity contribution is -0.137. The van der Waals surface area contributed by atoms with Crippen molar-refractivity contribution in [3.63, 3.8) is 0 Å². The minimum absolute atomic E-state index is 0.0389. The number of aromatic nitrogens is 2. The molecule has 1 aliphatic heterocycles. The molecule has 0 bridgehead atoms. The zero-order chi connectivity index (χ0) is 25.9. The van der Waals surface area contributed by atoms with Crippen molar-refractivity contribution in [2.24, 2.45) is 5.92 Å². The van der Waals surface area contributed by atoms with E-state index in [9.17, 15) is 22.8 Å². The lowest BCUT2D eigenvalue weighted by atomic mass is 9.84. The number of fused-ring (bicyclic) bond motifs is 1. The number of alkyl halides is 3. The van der Waals surface area contributed by atoms with E-state index in [1.807, 2.05) is 0 Å². The molecule has 0 unspecified atom stereocenters. The highest BCUT2D eigenvalue weighted by Gasteiger charge is 2.35. The molecule has 1 aliphatic carbocycles. The SMILES string of the molecule is CN(C)C(=O)OC[C@H]1CC[C@H](N2CC(NC(=O)CNc3ncnc4ccc(C(F)(F)F)cc34)C2)CC1. The molecule has 1 saturated heterocycles. The van der Waals surface area contributed by atoms with Gasteiger partial charge in [-0.25, -0.2) is 14.8 Å². The van der Waals surface area contributed by atoms with E-state index < -0.39 is 11.7 Å². The van der Waals surface area contributed by atoms with Crippen molar-refractivity contribution in [3.8, 4) is 0 Å². The smallest absolute Gasteiger partial charge is 0.416 e. The van der Waals surface area contributed by atoms with Crippen LogP contribution in [-0.2, 0) is 15.7 Å². The van der Waals surface area contributed by atoms with E-state index in [1.54, 1.807) is 14.1 Å². The second kappa shape index (κ2) is 10.9. The number of nitrogens with zero attached hydrogens (tertiary/aromatic N) is 4. The fourth-order valence-corrected chi connectivity index (χ4v) is 4.71. The number of benzene rings is 1. The Morgan fingerprint density at radius 2 is 1.86 bits per heavy atom. The van der Waals surface area contributed by atoms with E-state index in [2.05, 4.69) is 25.5 Å². The van der Waals surface area contributed by atoms with Crippen LogP contribution in [0.4, 0.5) is 23.8 Å². The minimum atomic E-state index is -4.48. The van der Waals surface area contributed by atoms with Crippen LogP contribution >= 0.6 is 0 Å². The molecule has 1 aromatic carbocycles. The summed E-state index contributed by atoms with van der Waals surface area (Å²) in [4.78, 5) is 35.8. The Morgan fingerprint density at radius 1 is 1.14 bits per heavy atom. The molecule has 1 saturated carbocycles. The molecule has 2 fully saturated rings. The first kappa shape index (κ1) is 25.9. The van der Waals surface area contributed by atoms with Crippen LogP contribution in [0.25, 0.3) is 10.9 Å². The second-order valence-electron chi connectivity index (χ2n) is 9.67. The summed E-state index contributed by atoms with van der Waals surface area (Å²) in [6, 6.07) is 3.75. The third kappa shape index (κ3) is 6.34. The van der Waals surface area contributed by atoms with E-state index in [0.29, 0.717) is 24.1 Å². The number of rotatable bonds is 7. The highest BCUT2D eigenvalue weighted by molar-refractivity contribution is 5.91. The third-order valence-corrected chi connectivity index (χ3v) is 6.79. The lowest BCUT2D eigenvalue weighted by Crippen LogP contribution is -2.63. The Hall–Kier alpha value is -3.15. The highest BCUT2D eigenvalue weighted by Crippen LogP contribution is 2.33. The molecule has 2 heterocycles. The summed E-state index contributed by atoms with van der Waals surface area (Å²) in [6.07, 6.45) is 0.539. The van der Waals surface area contributed by atoms with Gasteiger partial charge in [0.2, 0.25) is 5.91 Å². The average molecular weight is 509 g/mol. The van der Waals surface area contributed by atoms with Gasteiger partial charge in [0.25, 0.3) is 0 Å². The van der Waals surface area contributed by atoms with E-state index in [4.69, 9.17) is 4.74 Å². The van der Waals surface area contributed by atoms with Crippen LogP contribution in [0.3, 0.4) is 0 Å². The second-order valence-corrected chi connectivity index (χ2v) is 9.67. The zero-order valence-corrected chi connectivity index (χ0v) is 20.3. The molecule has 196 valence electrons. The molecule has 1 aromatic heterocycles. The zero-order valence-electron chi connectivity index (χ0n) is 20.3. The monoisotopic (exact) mass is 508 g/mol. The Kier molecular flexibility index (Phi) is 7.82. The van der Waals surface area contributed by atoms with Crippen LogP contribution in [0.2, 0.25) is 0 Å². The lowest BCUT2D eigenvalue weighted by Gasteiger charge is -2.46. The Morgan fingerprint density at radius 3 is 2.53 bits per heavy atom. The first-order valence-electron chi connectivity index (χ1n) is 12.0. The fourth-order valence-electron chi connectivity index (χ4n) is 4.71. The summed E-state index contributed by atoms with van der Waals surface area (Å²) in [6.45, 7) is 1.88. The van der Waals surface area contributed by atoms with Crippen molar-refractivity contribution in [2.75, 3.05) is 45.7 Å². The predicted octanol–water partition coefficient (Wildman–Crippen LogP) is 3.12. The number of amides is 2. The highest BCUT2D eigenvalue weighted by atomic mass is 19.4.